The van der Waals surface area contributed by atoms with E-state index in [-0.39, 0.29) is 11.5 Å². The second-order valence-electron chi connectivity index (χ2n) is 8.43. The first-order valence-corrected chi connectivity index (χ1v) is 11.3. The number of aromatic nitrogens is 2. The summed E-state index contributed by atoms with van der Waals surface area (Å²) in [5.41, 5.74) is 0.493. The number of hydrogen-bond acceptors (Lipinski definition) is 7. The van der Waals surface area contributed by atoms with Gasteiger partial charge in [0.05, 0.1) is 32.5 Å². The first kappa shape index (κ1) is 22.3. The molecule has 32 heavy (non-hydrogen) atoms. The molecule has 3 aromatic rings. The van der Waals surface area contributed by atoms with Gasteiger partial charge in [-0.05, 0) is 49.9 Å². The van der Waals surface area contributed by atoms with Crippen LogP contribution in [0, 0.1) is 0 Å². The zero-order chi connectivity index (χ0) is 23.0. The van der Waals surface area contributed by atoms with Gasteiger partial charge in [-0.25, -0.2) is 4.98 Å². The Hall–Kier alpha value is -2.91. The second kappa shape index (κ2) is 8.55. The third-order valence-corrected chi connectivity index (χ3v) is 6.82. The molecule has 0 aliphatic carbocycles. The maximum absolute atomic E-state index is 13.3. The van der Waals surface area contributed by atoms with Gasteiger partial charge in [0, 0.05) is 24.0 Å². The van der Waals surface area contributed by atoms with Crippen LogP contribution in [-0.2, 0) is 30.7 Å². The van der Waals surface area contributed by atoms with Crippen LogP contribution in [0.15, 0.2) is 29.3 Å². The molecular weight excluding hydrogens is 430 g/mol. The smallest absolute Gasteiger partial charge is 0.262 e. The number of nitrogens with zero attached hydrogens (tertiary/aromatic N) is 3. The Balaban J connectivity index is 1.60. The van der Waals surface area contributed by atoms with Crippen molar-refractivity contribution in [3.63, 3.8) is 0 Å². The van der Waals surface area contributed by atoms with E-state index in [4.69, 9.17) is 9.47 Å². The SMILES string of the molecule is COc1cc(CCn2cnc3sc4c(c3c2=O)CCN(C(=O)C(C)(C)O)C4)cc(OC)c1. The summed E-state index contributed by atoms with van der Waals surface area (Å²) in [7, 11) is 3.22. The molecule has 0 unspecified atom stereocenters. The minimum Gasteiger partial charge on any atom is -0.497 e. The van der Waals surface area contributed by atoms with Gasteiger partial charge >= 0.3 is 0 Å². The fourth-order valence-electron chi connectivity index (χ4n) is 4.00. The van der Waals surface area contributed by atoms with Gasteiger partial charge in [-0.1, -0.05) is 0 Å². The molecule has 0 fully saturated rings. The van der Waals surface area contributed by atoms with Gasteiger partial charge in [0.1, 0.15) is 21.9 Å². The van der Waals surface area contributed by atoms with Crippen LogP contribution in [0.5, 0.6) is 11.5 Å². The van der Waals surface area contributed by atoms with E-state index < -0.39 is 5.60 Å². The molecule has 1 aromatic carbocycles. The predicted molar refractivity (Wildman–Crippen MR) is 123 cm³/mol. The van der Waals surface area contributed by atoms with Crippen LogP contribution in [-0.4, -0.2) is 51.8 Å². The number of rotatable bonds is 6. The molecule has 8 nitrogen and oxygen atoms in total. The molecule has 0 radical (unpaired) electrons. The van der Waals surface area contributed by atoms with Crippen LogP contribution < -0.4 is 15.0 Å². The average molecular weight is 458 g/mol. The molecule has 1 amide bonds. The predicted octanol–water partition coefficient (Wildman–Crippen LogP) is 2.37. The van der Waals surface area contributed by atoms with Crippen molar-refractivity contribution in [3.8, 4) is 11.5 Å². The van der Waals surface area contributed by atoms with E-state index >= 15 is 0 Å². The Bertz CT molecular complexity index is 1200. The van der Waals surface area contributed by atoms with E-state index in [1.807, 2.05) is 18.2 Å². The Morgan fingerprint density at radius 3 is 2.53 bits per heavy atom. The van der Waals surface area contributed by atoms with Crippen molar-refractivity contribution < 1.29 is 19.4 Å². The van der Waals surface area contributed by atoms with Crippen LogP contribution in [0.3, 0.4) is 0 Å². The highest BCUT2D eigenvalue weighted by molar-refractivity contribution is 7.18. The van der Waals surface area contributed by atoms with Gasteiger partial charge in [-0.2, -0.15) is 0 Å². The molecule has 3 heterocycles. The normalized spacial score (nSPS) is 13.8. The number of aliphatic hydroxyl groups is 1. The Morgan fingerprint density at radius 1 is 1.22 bits per heavy atom. The van der Waals surface area contributed by atoms with E-state index in [2.05, 4.69) is 4.98 Å². The van der Waals surface area contributed by atoms with Crippen LogP contribution in [0.25, 0.3) is 10.2 Å². The minimum absolute atomic E-state index is 0.0652. The highest BCUT2D eigenvalue weighted by Crippen LogP contribution is 2.33. The van der Waals surface area contributed by atoms with E-state index in [0.29, 0.717) is 54.2 Å². The summed E-state index contributed by atoms with van der Waals surface area (Å²) >= 11 is 1.45. The fraction of sp³-hybridized carbons (Fsp3) is 0.435. The molecule has 0 spiro atoms. The van der Waals surface area contributed by atoms with Crippen LogP contribution in [0.2, 0.25) is 0 Å². The lowest BCUT2D eigenvalue weighted by Gasteiger charge is -2.31. The van der Waals surface area contributed by atoms with Gasteiger partial charge in [0.25, 0.3) is 11.5 Å². The van der Waals surface area contributed by atoms with Crippen LogP contribution in [0.1, 0.15) is 29.9 Å². The molecule has 1 N–H and O–H groups in total. The number of carbonyl (C=O) groups is 1. The van der Waals surface area contributed by atoms with Gasteiger partial charge in [0.15, 0.2) is 0 Å². The van der Waals surface area contributed by atoms with Crippen molar-refractivity contribution >= 4 is 27.5 Å². The molecule has 0 atom stereocenters. The Morgan fingerprint density at radius 2 is 1.91 bits per heavy atom. The highest BCUT2D eigenvalue weighted by atomic mass is 32.1. The Labute approximate surface area is 190 Å². The zero-order valence-electron chi connectivity index (χ0n) is 18.7. The lowest BCUT2D eigenvalue weighted by molar-refractivity contribution is -0.148. The summed E-state index contributed by atoms with van der Waals surface area (Å²) < 4.78 is 12.3. The number of methoxy groups -OCH3 is 2. The van der Waals surface area contributed by atoms with Crippen molar-refractivity contribution in [2.45, 2.75) is 45.4 Å². The molecule has 9 heteroatoms. The topological polar surface area (TPSA) is 93.9 Å². The first-order chi connectivity index (χ1) is 15.2. The molecule has 2 aromatic heterocycles. The molecule has 0 saturated heterocycles. The fourth-order valence-corrected chi connectivity index (χ4v) is 5.19. The Kier molecular flexibility index (Phi) is 5.96. The standard InChI is InChI=1S/C23H27N3O5S/c1-23(2,29)22(28)25-8-6-17-18(12-25)32-20-19(17)21(27)26(13-24-20)7-5-14-9-15(30-3)11-16(10-14)31-4/h9-11,13,29H,5-8,12H2,1-4H3. The van der Waals surface area contributed by atoms with Crippen LogP contribution in [0.4, 0.5) is 0 Å². The number of thiophene rings is 1. The van der Waals surface area contributed by atoms with Crippen LogP contribution >= 0.6 is 11.3 Å². The first-order valence-electron chi connectivity index (χ1n) is 10.4. The number of fused-ring (bicyclic) bond motifs is 3. The summed E-state index contributed by atoms with van der Waals surface area (Å²) in [6, 6.07) is 5.67. The monoisotopic (exact) mass is 457 g/mol. The van der Waals surface area contributed by atoms with E-state index in [1.54, 1.807) is 30.0 Å². The largest absolute Gasteiger partial charge is 0.497 e. The maximum Gasteiger partial charge on any atom is 0.262 e. The summed E-state index contributed by atoms with van der Waals surface area (Å²) in [4.78, 5) is 33.5. The molecule has 0 bridgehead atoms. The maximum atomic E-state index is 13.3. The summed E-state index contributed by atoms with van der Waals surface area (Å²) in [6.45, 7) is 4.33. The highest BCUT2D eigenvalue weighted by Gasteiger charge is 2.33. The van der Waals surface area contributed by atoms with Gasteiger partial charge in [-0.3, -0.25) is 14.2 Å². The molecule has 170 valence electrons. The molecule has 1 aliphatic rings. The van der Waals surface area contributed by atoms with Crippen molar-refractivity contribution in [2.24, 2.45) is 0 Å². The quantitative estimate of drug-likeness (QED) is 0.611. The number of ether oxygens (including phenoxy) is 2. The van der Waals surface area contributed by atoms with E-state index in [9.17, 15) is 14.7 Å². The van der Waals surface area contributed by atoms with Gasteiger partial charge < -0.3 is 19.5 Å². The van der Waals surface area contributed by atoms with Crippen molar-refractivity contribution in [2.75, 3.05) is 20.8 Å². The minimum atomic E-state index is -1.41. The number of amides is 1. The van der Waals surface area contributed by atoms with Crippen molar-refractivity contribution in [1.29, 1.82) is 0 Å². The zero-order valence-corrected chi connectivity index (χ0v) is 19.5. The molecular formula is C23H27N3O5S. The number of carbonyl (C=O) groups excluding carboxylic acids is 1. The van der Waals surface area contributed by atoms with Crippen molar-refractivity contribution in [1.82, 2.24) is 14.5 Å². The second-order valence-corrected chi connectivity index (χ2v) is 9.52. The molecule has 4 rings (SSSR count). The lowest BCUT2D eigenvalue weighted by atomic mass is 10.0. The number of hydrogen-bond donors (Lipinski definition) is 1. The summed E-state index contributed by atoms with van der Waals surface area (Å²) in [5.74, 6) is 1.11. The van der Waals surface area contributed by atoms with Crippen molar-refractivity contribution in [3.05, 3.63) is 50.9 Å². The van der Waals surface area contributed by atoms with E-state index in [1.165, 1.54) is 25.2 Å². The summed E-state index contributed by atoms with van der Waals surface area (Å²) in [5, 5.41) is 10.7. The lowest BCUT2D eigenvalue weighted by Crippen LogP contribution is -2.46. The molecule has 1 aliphatic heterocycles. The number of benzene rings is 1. The van der Waals surface area contributed by atoms with Gasteiger partial charge in [-0.15, -0.1) is 11.3 Å². The van der Waals surface area contributed by atoms with E-state index in [0.717, 1.165) is 16.0 Å². The molecule has 0 saturated carbocycles. The van der Waals surface area contributed by atoms with Gasteiger partial charge in [0.2, 0.25) is 0 Å². The number of aryl methyl sites for hydroxylation is 2. The summed E-state index contributed by atoms with van der Waals surface area (Å²) in [6.07, 6.45) is 2.79. The third kappa shape index (κ3) is 4.22. The third-order valence-electron chi connectivity index (χ3n) is 5.69. The average Bonchev–Trinajstić information content (AvgIpc) is 3.15.